The molecule has 170 valence electrons. The number of rotatable bonds is 6. The van der Waals surface area contributed by atoms with Crippen molar-refractivity contribution in [2.24, 2.45) is 0 Å². The highest BCUT2D eigenvalue weighted by atomic mass is 19.4. The zero-order chi connectivity index (χ0) is 23.6. The summed E-state index contributed by atoms with van der Waals surface area (Å²) in [7, 11) is 0. The molecule has 1 aromatic carbocycles. The van der Waals surface area contributed by atoms with Crippen LogP contribution in [0.25, 0.3) is 5.78 Å². The first kappa shape index (κ1) is 23.2. The van der Waals surface area contributed by atoms with Gasteiger partial charge in [-0.25, -0.2) is 9.50 Å². The molecule has 3 rings (SSSR count). The maximum Gasteiger partial charge on any atom is 0.453 e. The Bertz CT molecular complexity index is 1190. The van der Waals surface area contributed by atoms with E-state index in [4.69, 9.17) is 0 Å². The predicted octanol–water partition coefficient (Wildman–Crippen LogP) is 3.99. The molecule has 11 heteroatoms. The second-order valence-electron chi connectivity index (χ2n) is 7.39. The van der Waals surface area contributed by atoms with Gasteiger partial charge in [0.15, 0.2) is 0 Å². The number of anilines is 2. The van der Waals surface area contributed by atoms with Crippen LogP contribution < -0.4 is 10.6 Å². The molecule has 0 aliphatic rings. The van der Waals surface area contributed by atoms with E-state index in [1.807, 2.05) is 6.92 Å². The predicted molar refractivity (Wildman–Crippen MR) is 112 cm³/mol. The summed E-state index contributed by atoms with van der Waals surface area (Å²) < 4.78 is 39.8. The minimum absolute atomic E-state index is 0.0840. The largest absolute Gasteiger partial charge is 0.453 e. The molecule has 8 nitrogen and oxygen atoms in total. The van der Waals surface area contributed by atoms with Crippen molar-refractivity contribution in [1.29, 1.82) is 0 Å². The summed E-state index contributed by atoms with van der Waals surface area (Å²) >= 11 is 0. The van der Waals surface area contributed by atoms with Crippen LogP contribution in [0, 0.1) is 20.8 Å². The van der Waals surface area contributed by atoms with Crippen LogP contribution in [0.15, 0.2) is 18.2 Å². The summed E-state index contributed by atoms with van der Waals surface area (Å²) in [4.78, 5) is 31.7. The van der Waals surface area contributed by atoms with Gasteiger partial charge in [-0.15, -0.1) is 5.10 Å². The van der Waals surface area contributed by atoms with Crippen LogP contribution >= 0.6 is 0 Å². The Hall–Kier alpha value is -3.50. The van der Waals surface area contributed by atoms with E-state index in [1.54, 1.807) is 39.0 Å². The lowest BCUT2D eigenvalue weighted by molar-refractivity contribution is -0.144. The van der Waals surface area contributed by atoms with Crippen LogP contribution in [0.4, 0.5) is 24.5 Å². The van der Waals surface area contributed by atoms with Crippen LogP contribution in [-0.2, 0) is 22.2 Å². The average molecular weight is 448 g/mol. The first-order valence-corrected chi connectivity index (χ1v) is 10.00. The molecule has 0 bridgehead atoms. The number of amides is 2. The normalized spacial score (nSPS) is 11.6. The number of halogens is 3. The molecule has 0 saturated carbocycles. The number of aryl methyl sites for hydroxylation is 3. The number of hydrogen-bond donors (Lipinski definition) is 2. The summed E-state index contributed by atoms with van der Waals surface area (Å²) in [6.45, 7) is 6.85. The van der Waals surface area contributed by atoms with Gasteiger partial charge >= 0.3 is 6.18 Å². The Balaban J connectivity index is 1.75. The molecule has 2 N–H and O–H groups in total. The van der Waals surface area contributed by atoms with E-state index >= 15 is 0 Å². The number of nitrogens with zero attached hydrogens (tertiary/aromatic N) is 4. The average Bonchev–Trinajstić information content (AvgIpc) is 3.15. The van der Waals surface area contributed by atoms with Gasteiger partial charge in [-0.2, -0.15) is 18.2 Å². The molecule has 0 radical (unpaired) electrons. The lowest BCUT2D eigenvalue weighted by Crippen LogP contribution is -2.16. The van der Waals surface area contributed by atoms with Crippen molar-refractivity contribution < 1.29 is 22.8 Å². The molecule has 0 aliphatic heterocycles. The highest BCUT2D eigenvalue weighted by Crippen LogP contribution is 2.27. The van der Waals surface area contributed by atoms with Crippen LogP contribution in [0.3, 0.4) is 0 Å². The number of alkyl halides is 3. The van der Waals surface area contributed by atoms with Crippen LogP contribution in [0.2, 0.25) is 0 Å². The van der Waals surface area contributed by atoms with E-state index in [0.717, 1.165) is 10.1 Å². The minimum Gasteiger partial charge on any atom is -0.326 e. The Morgan fingerprint density at radius 1 is 1.06 bits per heavy atom. The maximum absolute atomic E-state index is 12.9. The van der Waals surface area contributed by atoms with Crippen molar-refractivity contribution in [2.75, 3.05) is 10.6 Å². The van der Waals surface area contributed by atoms with Gasteiger partial charge in [-0.05, 0) is 50.5 Å². The molecular weight excluding hydrogens is 425 g/mol. The van der Waals surface area contributed by atoms with Gasteiger partial charge in [-0.1, -0.05) is 13.0 Å². The summed E-state index contributed by atoms with van der Waals surface area (Å²) in [5, 5.41) is 9.07. The number of fused-ring (bicyclic) bond motifs is 1. The first-order chi connectivity index (χ1) is 15.0. The Labute approximate surface area is 182 Å². The number of nitrogens with one attached hydrogen (secondary N) is 2. The van der Waals surface area contributed by atoms with Gasteiger partial charge in [0, 0.05) is 35.6 Å². The van der Waals surface area contributed by atoms with Gasteiger partial charge in [0.05, 0.1) is 0 Å². The third-order valence-corrected chi connectivity index (χ3v) is 5.02. The first-order valence-electron chi connectivity index (χ1n) is 10.00. The standard InChI is InChI=1S/C21H23F3N6O2/c1-5-17(31)26-14-7-6-11(2)16(10-14)27-18(32)9-8-15-12(3)25-20-28-19(21(22,23)24)29-30(20)13(15)4/h6-7,10H,5,8-9H2,1-4H3,(H,26,31)(H,27,32). The van der Waals surface area contributed by atoms with Crippen molar-refractivity contribution in [3.63, 3.8) is 0 Å². The second kappa shape index (κ2) is 8.93. The van der Waals surface area contributed by atoms with Crippen molar-refractivity contribution in [2.45, 2.75) is 53.1 Å². The van der Waals surface area contributed by atoms with Gasteiger partial charge in [-0.3, -0.25) is 9.59 Å². The number of aromatic nitrogens is 4. The molecule has 0 spiro atoms. The van der Waals surface area contributed by atoms with Gasteiger partial charge < -0.3 is 10.6 Å². The molecule has 0 saturated heterocycles. The molecule has 0 unspecified atom stereocenters. The lowest BCUT2D eigenvalue weighted by atomic mass is 10.1. The van der Waals surface area contributed by atoms with Crippen molar-refractivity contribution in [3.8, 4) is 0 Å². The fourth-order valence-corrected chi connectivity index (χ4v) is 3.23. The number of hydrogen-bond acceptors (Lipinski definition) is 5. The number of carbonyl (C=O) groups excluding carboxylic acids is 2. The zero-order valence-corrected chi connectivity index (χ0v) is 18.1. The smallest absolute Gasteiger partial charge is 0.326 e. The Morgan fingerprint density at radius 3 is 2.44 bits per heavy atom. The van der Waals surface area contributed by atoms with Gasteiger partial charge in [0.1, 0.15) is 0 Å². The molecule has 0 aliphatic carbocycles. The van der Waals surface area contributed by atoms with E-state index < -0.39 is 12.0 Å². The molecule has 3 aromatic rings. The fourth-order valence-electron chi connectivity index (χ4n) is 3.23. The van der Waals surface area contributed by atoms with Crippen molar-refractivity contribution in [1.82, 2.24) is 19.6 Å². The Kier molecular flexibility index (Phi) is 6.47. The topological polar surface area (TPSA) is 101 Å². The summed E-state index contributed by atoms with van der Waals surface area (Å²) in [6.07, 6.45) is -3.99. The van der Waals surface area contributed by atoms with E-state index in [2.05, 4.69) is 25.7 Å². The van der Waals surface area contributed by atoms with Crippen LogP contribution in [-0.4, -0.2) is 31.4 Å². The molecule has 0 atom stereocenters. The summed E-state index contributed by atoms with van der Waals surface area (Å²) in [5.74, 6) is -1.81. The maximum atomic E-state index is 12.9. The fraction of sp³-hybridized carbons (Fsp3) is 0.381. The molecule has 32 heavy (non-hydrogen) atoms. The molecule has 0 fully saturated rings. The van der Waals surface area contributed by atoms with E-state index in [0.29, 0.717) is 34.7 Å². The third-order valence-electron chi connectivity index (χ3n) is 5.02. The SMILES string of the molecule is CCC(=O)Nc1ccc(C)c(NC(=O)CCc2c(C)nc3nc(C(F)(F)F)nn3c2C)c1. The van der Waals surface area contributed by atoms with E-state index in [9.17, 15) is 22.8 Å². The molecule has 2 amide bonds. The highest BCUT2D eigenvalue weighted by Gasteiger charge is 2.37. The van der Waals surface area contributed by atoms with Crippen molar-refractivity contribution in [3.05, 3.63) is 46.5 Å². The van der Waals surface area contributed by atoms with Gasteiger partial charge in [0.25, 0.3) is 11.6 Å². The highest BCUT2D eigenvalue weighted by molar-refractivity contribution is 5.94. The Morgan fingerprint density at radius 2 is 1.78 bits per heavy atom. The number of carbonyl (C=O) groups is 2. The van der Waals surface area contributed by atoms with Crippen molar-refractivity contribution >= 4 is 29.0 Å². The van der Waals surface area contributed by atoms with E-state index in [1.165, 1.54) is 0 Å². The third kappa shape index (κ3) is 5.04. The molecular formula is C21H23F3N6O2. The number of benzene rings is 1. The lowest BCUT2D eigenvalue weighted by Gasteiger charge is -2.13. The van der Waals surface area contributed by atoms with Gasteiger partial charge in [0.2, 0.25) is 11.8 Å². The minimum atomic E-state index is -4.67. The quantitative estimate of drug-likeness (QED) is 0.594. The van der Waals surface area contributed by atoms with Crippen LogP contribution in [0.5, 0.6) is 0 Å². The summed E-state index contributed by atoms with van der Waals surface area (Å²) in [5.41, 5.74) is 3.54. The zero-order valence-electron chi connectivity index (χ0n) is 18.1. The molecule has 2 heterocycles. The van der Waals surface area contributed by atoms with Crippen LogP contribution in [0.1, 0.15) is 48.1 Å². The monoisotopic (exact) mass is 448 g/mol. The summed E-state index contributed by atoms with van der Waals surface area (Å²) in [6, 6.07) is 5.22. The second-order valence-corrected chi connectivity index (χ2v) is 7.39. The van der Waals surface area contributed by atoms with E-state index in [-0.39, 0.29) is 30.4 Å². The molecule has 2 aromatic heterocycles.